The van der Waals surface area contributed by atoms with Crippen molar-refractivity contribution in [1.82, 2.24) is 4.90 Å². The van der Waals surface area contributed by atoms with Crippen LogP contribution in [-0.2, 0) is 11.3 Å². The molecule has 2 aromatic rings. The molecule has 1 amide bonds. The van der Waals surface area contributed by atoms with Crippen LogP contribution in [0.25, 0.3) is 0 Å². The first-order valence-corrected chi connectivity index (χ1v) is 7.43. The Kier molecular flexibility index (Phi) is 4.22. The summed E-state index contributed by atoms with van der Waals surface area (Å²) in [6, 6.07) is 15.8. The van der Waals surface area contributed by atoms with E-state index < -0.39 is 5.91 Å². The van der Waals surface area contributed by atoms with Gasteiger partial charge in [-0.3, -0.25) is 9.69 Å². The molecule has 1 aliphatic rings. The van der Waals surface area contributed by atoms with E-state index in [4.69, 9.17) is 10.5 Å². The van der Waals surface area contributed by atoms with Gasteiger partial charge in [-0.15, -0.1) is 0 Å². The molecule has 0 bridgehead atoms. The van der Waals surface area contributed by atoms with E-state index in [0.29, 0.717) is 12.2 Å². The fraction of sp³-hybridized carbons (Fsp3) is 0.278. The van der Waals surface area contributed by atoms with E-state index in [1.54, 1.807) is 6.07 Å². The van der Waals surface area contributed by atoms with Gasteiger partial charge in [-0.2, -0.15) is 0 Å². The van der Waals surface area contributed by atoms with Crippen LogP contribution in [-0.4, -0.2) is 31.0 Å². The molecule has 0 saturated heterocycles. The quantitative estimate of drug-likeness (QED) is 0.925. The summed E-state index contributed by atoms with van der Waals surface area (Å²) in [5, 5.41) is 0. The normalized spacial score (nSPS) is 19.0. The largest absolute Gasteiger partial charge is 0.367 e. The number of likely N-dealkylation sites (N-methyl/N-ethyl adjacent to an activating group) is 1. The van der Waals surface area contributed by atoms with E-state index in [0.717, 1.165) is 29.8 Å². The molecule has 0 aliphatic carbocycles. The van der Waals surface area contributed by atoms with Crippen molar-refractivity contribution in [2.75, 3.05) is 20.2 Å². The van der Waals surface area contributed by atoms with Gasteiger partial charge in [0.05, 0.1) is 6.61 Å². The minimum Gasteiger partial charge on any atom is -0.367 e. The first kappa shape index (κ1) is 14.8. The smallest absolute Gasteiger partial charge is 0.248 e. The highest BCUT2D eigenvalue weighted by atomic mass is 16.5. The van der Waals surface area contributed by atoms with Gasteiger partial charge in [-0.25, -0.2) is 0 Å². The number of nitrogens with zero attached hydrogens (tertiary/aromatic N) is 1. The summed E-state index contributed by atoms with van der Waals surface area (Å²) in [7, 11) is 2.05. The summed E-state index contributed by atoms with van der Waals surface area (Å²) in [6.45, 7) is 2.31. The van der Waals surface area contributed by atoms with Gasteiger partial charge in [0, 0.05) is 18.7 Å². The highest BCUT2D eigenvalue weighted by molar-refractivity contribution is 5.93. The maximum atomic E-state index is 11.5. The minimum absolute atomic E-state index is 0.105. The predicted octanol–water partition coefficient (Wildman–Crippen LogP) is 2.34. The van der Waals surface area contributed by atoms with Crippen molar-refractivity contribution < 1.29 is 9.53 Å². The van der Waals surface area contributed by atoms with E-state index in [2.05, 4.69) is 17.0 Å². The Hall–Kier alpha value is -2.17. The van der Waals surface area contributed by atoms with E-state index in [9.17, 15) is 4.79 Å². The van der Waals surface area contributed by atoms with Gasteiger partial charge >= 0.3 is 0 Å². The molecule has 1 aliphatic heterocycles. The molecule has 114 valence electrons. The number of carbonyl (C=O) groups is 1. The number of amides is 1. The van der Waals surface area contributed by atoms with Crippen molar-refractivity contribution in [2.24, 2.45) is 5.73 Å². The van der Waals surface area contributed by atoms with Crippen LogP contribution in [0.2, 0.25) is 0 Å². The molecular formula is C18H20N2O2. The van der Waals surface area contributed by atoms with Crippen molar-refractivity contribution in [3.05, 3.63) is 70.8 Å². The van der Waals surface area contributed by atoms with Gasteiger partial charge in [-0.05, 0) is 35.9 Å². The van der Waals surface area contributed by atoms with Crippen LogP contribution in [0.15, 0.2) is 48.5 Å². The SMILES string of the molecule is CN1CCOC(c2ccccc2)c2ccc(C(N)=O)cc2C1. The fourth-order valence-electron chi connectivity index (χ4n) is 2.84. The first-order chi connectivity index (χ1) is 10.6. The van der Waals surface area contributed by atoms with Gasteiger partial charge in [0.15, 0.2) is 0 Å². The number of benzene rings is 2. The number of hydrogen-bond donors (Lipinski definition) is 1. The zero-order valence-electron chi connectivity index (χ0n) is 12.7. The molecule has 0 spiro atoms. The zero-order chi connectivity index (χ0) is 15.5. The molecule has 1 heterocycles. The Bertz CT molecular complexity index is 670. The van der Waals surface area contributed by atoms with Crippen LogP contribution in [0, 0.1) is 0 Å². The molecule has 1 atom stereocenters. The summed E-state index contributed by atoms with van der Waals surface area (Å²) in [4.78, 5) is 13.6. The Morgan fingerprint density at radius 3 is 2.73 bits per heavy atom. The Morgan fingerprint density at radius 2 is 2.00 bits per heavy atom. The lowest BCUT2D eigenvalue weighted by atomic mass is 9.94. The van der Waals surface area contributed by atoms with Crippen LogP contribution in [0.3, 0.4) is 0 Å². The molecule has 2 N–H and O–H groups in total. The van der Waals surface area contributed by atoms with Crippen molar-refractivity contribution in [3.8, 4) is 0 Å². The van der Waals surface area contributed by atoms with Crippen LogP contribution in [0.5, 0.6) is 0 Å². The predicted molar refractivity (Wildman–Crippen MR) is 85.5 cm³/mol. The molecular weight excluding hydrogens is 276 g/mol. The van der Waals surface area contributed by atoms with Gasteiger partial charge in [0.25, 0.3) is 0 Å². The molecule has 0 radical (unpaired) electrons. The van der Waals surface area contributed by atoms with Crippen molar-refractivity contribution >= 4 is 5.91 Å². The third kappa shape index (κ3) is 3.03. The summed E-state index contributed by atoms with van der Waals surface area (Å²) >= 11 is 0. The molecule has 2 aromatic carbocycles. The van der Waals surface area contributed by atoms with E-state index in [1.807, 2.05) is 37.4 Å². The highest BCUT2D eigenvalue weighted by Crippen LogP contribution is 2.31. The van der Waals surface area contributed by atoms with Crippen molar-refractivity contribution in [1.29, 1.82) is 0 Å². The lowest BCUT2D eigenvalue weighted by molar-refractivity contribution is 0.0553. The summed E-state index contributed by atoms with van der Waals surface area (Å²) in [6.07, 6.45) is -0.105. The van der Waals surface area contributed by atoms with E-state index in [-0.39, 0.29) is 6.10 Å². The van der Waals surface area contributed by atoms with E-state index >= 15 is 0 Å². The minimum atomic E-state index is -0.398. The van der Waals surface area contributed by atoms with Gasteiger partial charge in [0.1, 0.15) is 6.10 Å². The number of ether oxygens (including phenoxy) is 1. The van der Waals surface area contributed by atoms with Gasteiger partial charge in [0.2, 0.25) is 5.91 Å². The lowest BCUT2D eigenvalue weighted by Crippen LogP contribution is -2.28. The number of primary amides is 1. The van der Waals surface area contributed by atoms with Gasteiger partial charge < -0.3 is 10.5 Å². The Balaban J connectivity index is 2.07. The highest BCUT2D eigenvalue weighted by Gasteiger charge is 2.22. The number of rotatable bonds is 2. The monoisotopic (exact) mass is 296 g/mol. The second-order valence-corrected chi connectivity index (χ2v) is 5.68. The fourth-order valence-corrected chi connectivity index (χ4v) is 2.84. The summed E-state index contributed by atoms with van der Waals surface area (Å²) in [5.41, 5.74) is 9.27. The molecule has 3 rings (SSSR count). The number of nitrogens with two attached hydrogens (primary N) is 1. The maximum Gasteiger partial charge on any atom is 0.248 e. The van der Waals surface area contributed by atoms with Crippen molar-refractivity contribution in [2.45, 2.75) is 12.6 Å². The molecule has 1 unspecified atom stereocenters. The number of carbonyl (C=O) groups excluding carboxylic acids is 1. The number of fused-ring (bicyclic) bond motifs is 1. The maximum absolute atomic E-state index is 11.5. The average molecular weight is 296 g/mol. The molecule has 0 saturated carbocycles. The van der Waals surface area contributed by atoms with Crippen LogP contribution in [0.4, 0.5) is 0 Å². The van der Waals surface area contributed by atoms with Crippen LogP contribution >= 0.6 is 0 Å². The molecule has 4 heteroatoms. The third-order valence-electron chi connectivity index (χ3n) is 4.01. The Morgan fingerprint density at radius 1 is 1.23 bits per heavy atom. The van der Waals surface area contributed by atoms with Crippen LogP contribution < -0.4 is 5.73 Å². The molecule has 22 heavy (non-hydrogen) atoms. The second-order valence-electron chi connectivity index (χ2n) is 5.68. The summed E-state index contributed by atoms with van der Waals surface area (Å²) < 4.78 is 6.11. The van der Waals surface area contributed by atoms with Crippen molar-refractivity contribution in [3.63, 3.8) is 0 Å². The van der Waals surface area contributed by atoms with Crippen LogP contribution in [0.1, 0.15) is 33.2 Å². The second kappa shape index (κ2) is 6.30. The third-order valence-corrected chi connectivity index (χ3v) is 4.01. The molecule has 0 aromatic heterocycles. The Labute approximate surface area is 130 Å². The first-order valence-electron chi connectivity index (χ1n) is 7.43. The average Bonchev–Trinajstić information content (AvgIpc) is 2.51. The van der Waals surface area contributed by atoms with E-state index in [1.165, 1.54) is 0 Å². The van der Waals surface area contributed by atoms with Gasteiger partial charge in [-0.1, -0.05) is 36.4 Å². The summed E-state index contributed by atoms with van der Waals surface area (Å²) in [5.74, 6) is -0.398. The topological polar surface area (TPSA) is 55.6 Å². The lowest BCUT2D eigenvalue weighted by Gasteiger charge is -2.28. The molecule has 0 fully saturated rings. The number of hydrogen-bond acceptors (Lipinski definition) is 3. The molecule has 4 nitrogen and oxygen atoms in total. The zero-order valence-corrected chi connectivity index (χ0v) is 12.7. The standard InChI is InChI=1S/C18H20N2O2/c1-20-9-10-22-17(13-5-3-2-4-6-13)16-8-7-14(18(19)21)11-15(16)12-20/h2-8,11,17H,9-10,12H2,1H3,(H2,19,21).